The van der Waals surface area contributed by atoms with E-state index in [2.05, 4.69) is 4.40 Å². The summed E-state index contributed by atoms with van der Waals surface area (Å²) in [6.07, 6.45) is 5.34. The molecule has 0 saturated heterocycles. The number of sulfonamides is 1. The molecule has 0 spiro atoms. The Labute approximate surface area is 143 Å². The van der Waals surface area contributed by atoms with Crippen LogP contribution in [-0.4, -0.2) is 20.4 Å². The molecule has 24 heavy (non-hydrogen) atoms. The van der Waals surface area contributed by atoms with E-state index in [1.165, 1.54) is 6.42 Å². The van der Waals surface area contributed by atoms with Crippen LogP contribution in [0, 0.1) is 0 Å². The van der Waals surface area contributed by atoms with Crippen LogP contribution in [-0.2, 0) is 14.8 Å². The van der Waals surface area contributed by atoms with Gasteiger partial charge in [-0.15, -0.1) is 4.40 Å². The van der Waals surface area contributed by atoms with Gasteiger partial charge in [-0.1, -0.05) is 42.8 Å². The summed E-state index contributed by atoms with van der Waals surface area (Å²) in [6, 6.07) is 17.5. The standard InChI is InChI=1S/C19H21NO3S/c21-24(22,18-14-8-3-9-15-18)20-19(16-10-4-1-5-11-16)23-17-12-6-2-7-13-17/h1,3-5,8-11,14-15,17H,2,6-7,12-13H2/b20-19+. The lowest BCUT2D eigenvalue weighted by molar-refractivity contribution is 0.144. The van der Waals surface area contributed by atoms with Crippen molar-refractivity contribution in [3.8, 4) is 0 Å². The summed E-state index contributed by atoms with van der Waals surface area (Å²) in [6.45, 7) is 0. The third kappa shape index (κ3) is 4.23. The topological polar surface area (TPSA) is 55.7 Å². The van der Waals surface area contributed by atoms with Crippen molar-refractivity contribution in [3.63, 3.8) is 0 Å². The summed E-state index contributed by atoms with van der Waals surface area (Å²) >= 11 is 0. The van der Waals surface area contributed by atoms with Crippen molar-refractivity contribution >= 4 is 15.9 Å². The Kier molecular flexibility index (Phi) is 5.30. The summed E-state index contributed by atoms with van der Waals surface area (Å²) in [5.41, 5.74) is 0.683. The summed E-state index contributed by atoms with van der Waals surface area (Å²) in [7, 11) is -3.80. The fourth-order valence-electron chi connectivity index (χ4n) is 2.82. The quantitative estimate of drug-likeness (QED) is 0.618. The normalized spacial score (nSPS) is 16.8. The Bertz CT molecular complexity index is 780. The molecule has 0 unspecified atom stereocenters. The lowest BCUT2D eigenvalue weighted by Crippen LogP contribution is -2.22. The third-order valence-corrected chi connectivity index (χ3v) is 5.37. The zero-order valence-corrected chi connectivity index (χ0v) is 14.3. The van der Waals surface area contributed by atoms with E-state index in [1.54, 1.807) is 30.3 Å². The molecule has 2 aromatic rings. The van der Waals surface area contributed by atoms with Crippen molar-refractivity contribution in [2.24, 2.45) is 4.40 Å². The van der Waals surface area contributed by atoms with Crippen LogP contribution in [0.4, 0.5) is 0 Å². The number of hydrogen-bond donors (Lipinski definition) is 0. The molecule has 3 rings (SSSR count). The van der Waals surface area contributed by atoms with Crippen LogP contribution in [0.15, 0.2) is 70.0 Å². The number of benzene rings is 2. The fourth-order valence-corrected chi connectivity index (χ4v) is 3.79. The number of hydrogen-bond acceptors (Lipinski definition) is 3. The molecule has 126 valence electrons. The fraction of sp³-hybridized carbons (Fsp3) is 0.316. The maximum absolute atomic E-state index is 12.6. The molecule has 1 fully saturated rings. The van der Waals surface area contributed by atoms with E-state index in [4.69, 9.17) is 4.74 Å². The molecular weight excluding hydrogens is 322 g/mol. The van der Waals surface area contributed by atoms with Crippen molar-refractivity contribution in [2.45, 2.75) is 43.1 Å². The van der Waals surface area contributed by atoms with Crippen molar-refractivity contribution in [1.82, 2.24) is 0 Å². The minimum absolute atomic E-state index is 0.0312. The maximum Gasteiger partial charge on any atom is 0.285 e. The Morgan fingerprint density at radius 1 is 0.875 bits per heavy atom. The van der Waals surface area contributed by atoms with Crippen molar-refractivity contribution < 1.29 is 13.2 Å². The highest BCUT2D eigenvalue weighted by Crippen LogP contribution is 2.23. The van der Waals surface area contributed by atoms with Gasteiger partial charge in [0.1, 0.15) is 6.10 Å². The van der Waals surface area contributed by atoms with Gasteiger partial charge in [0.15, 0.2) is 0 Å². The van der Waals surface area contributed by atoms with Crippen molar-refractivity contribution in [1.29, 1.82) is 0 Å². The smallest absolute Gasteiger partial charge is 0.285 e. The Morgan fingerprint density at radius 2 is 1.46 bits per heavy atom. The van der Waals surface area contributed by atoms with Gasteiger partial charge in [0.25, 0.3) is 10.0 Å². The molecule has 0 amide bonds. The Balaban J connectivity index is 1.94. The molecule has 0 aliphatic heterocycles. The van der Waals surface area contributed by atoms with Gasteiger partial charge in [-0.2, -0.15) is 8.42 Å². The van der Waals surface area contributed by atoms with Gasteiger partial charge in [0.2, 0.25) is 5.90 Å². The second kappa shape index (κ2) is 7.62. The molecule has 1 aliphatic carbocycles. The zero-order chi connectivity index (χ0) is 16.8. The van der Waals surface area contributed by atoms with Crippen molar-refractivity contribution in [2.75, 3.05) is 0 Å². The molecule has 2 aromatic carbocycles. The lowest BCUT2D eigenvalue weighted by atomic mass is 9.98. The summed E-state index contributed by atoms with van der Waals surface area (Å²) in [5.74, 6) is 0.186. The van der Waals surface area contributed by atoms with Crippen LogP contribution >= 0.6 is 0 Å². The Hall–Kier alpha value is -2.14. The summed E-state index contributed by atoms with van der Waals surface area (Å²) < 4.78 is 35.2. The van der Waals surface area contributed by atoms with Gasteiger partial charge in [0, 0.05) is 5.56 Å². The molecule has 0 N–H and O–H groups in total. The van der Waals surface area contributed by atoms with Crippen LogP contribution < -0.4 is 0 Å². The first-order valence-electron chi connectivity index (χ1n) is 8.27. The van der Waals surface area contributed by atoms with E-state index in [0.29, 0.717) is 5.56 Å². The third-order valence-electron chi connectivity index (χ3n) is 4.10. The van der Waals surface area contributed by atoms with E-state index in [0.717, 1.165) is 25.7 Å². The molecule has 0 aromatic heterocycles. The summed E-state index contributed by atoms with van der Waals surface area (Å²) in [4.78, 5) is 0.172. The second-order valence-electron chi connectivity index (χ2n) is 5.93. The van der Waals surface area contributed by atoms with Crippen LogP contribution in [0.25, 0.3) is 0 Å². The van der Waals surface area contributed by atoms with E-state index in [1.807, 2.05) is 30.3 Å². The molecule has 4 nitrogen and oxygen atoms in total. The maximum atomic E-state index is 12.6. The van der Waals surface area contributed by atoms with Gasteiger partial charge in [-0.05, 0) is 49.9 Å². The number of rotatable bonds is 4. The van der Waals surface area contributed by atoms with Gasteiger partial charge in [-0.25, -0.2) is 0 Å². The van der Waals surface area contributed by atoms with Gasteiger partial charge >= 0.3 is 0 Å². The molecule has 0 atom stereocenters. The van der Waals surface area contributed by atoms with Crippen molar-refractivity contribution in [3.05, 3.63) is 66.2 Å². The second-order valence-corrected chi connectivity index (χ2v) is 7.53. The largest absolute Gasteiger partial charge is 0.473 e. The molecular formula is C19H21NO3S. The molecule has 0 radical (unpaired) electrons. The Morgan fingerprint density at radius 3 is 2.08 bits per heavy atom. The van der Waals surface area contributed by atoms with Gasteiger partial charge in [0.05, 0.1) is 4.90 Å². The highest BCUT2D eigenvalue weighted by Gasteiger charge is 2.21. The van der Waals surface area contributed by atoms with Crippen LogP contribution in [0.3, 0.4) is 0 Å². The van der Waals surface area contributed by atoms with Crippen LogP contribution in [0.1, 0.15) is 37.7 Å². The van der Waals surface area contributed by atoms with E-state index in [9.17, 15) is 8.42 Å². The molecule has 5 heteroatoms. The number of ether oxygens (including phenoxy) is 1. The predicted octanol–water partition coefficient (Wildman–Crippen LogP) is 4.17. The molecule has 0 heterocycles. The first kappa shape index (κ1) is 16.7. The lowest BCUT2D eigenvalue weighted by Gasteiger charge is -2.23. The minimum Gasteiger partial charge on any atom is -0.473 e. The first-order valence-corrected chi connectivity index (χ1v) is 9.71. The van der Waals surface area contributed by atoms with Crippen LogP contribution in [0.5, 0.6) is 0 Å². The van der Waals surface area contributed by atoms with Gasteiger partial charge in [-0.3, -0.25) is 0 Å². The average molecular weight is 343 g/mol. The number of nitrogens with zero attached hydrogens (tertiary/aromatic N) is 1. The monoisotopic (exact) mass is 343 g/mol. The van der Waals surface area contributed by atoms with Crippen LogP contribution in [0.2, 0.25) is 0 Å². The van der Waals surface area contributed by atoms with E-state index >= 15 is 0 Å². The minimum atomic E-state index is -3.80. The van der Waals surface area contributed by atoms with E-state index < -0.39 is 10.0 Å². The molecule has 0 bridgehead atoms. The molecule has 1 aliphatic rings. The average Bonchev–Trinajstić information content (AvgIpc) is 2.63. The molecule has 1 saturated carbocycles. The highest BCUT2D eigenvalue weighted by molar-refractivity contribution is 7.90. The SMILES string of the molecule is O=S(=O)(/N=C(/OC1CCCCC1)c1ccccc1)c1ccccc1. The zero-order valence-electron chi connectivity index (χ0n) is 13.5. The summed E-state index contributed by atoms with van der Waals surface area (Å²) in [5, 5.41) is 0. The van der Waals surface area contributed by atoms with Gasteiger partial charge < -0.3 is 4.74 Å². The first-order chi connectivity index (χ1) is 11.6. The predicted molar refractivity (Wildman–Crippen MR) is 94.6 cm³/mol. The highest BCUT2D eigenvalue weighted by atomic mass is 32.2. The van der Waals surface area contributed by atoms with E-state index in [-0.39, 0.29) is 16.9 Å².